The molecule has 1 amide bonds. The minimum atomic E-state index is -0.540. The third-order valence-electron chi connectivity index (χ3n) is 2.36. The van der Waals surface area contributed by atoms with Gasteiger partial charge < -0.3 is 10.1 Å². The number of nitrogens with one attached hydrogen (secondary N) is 2. The smallest absolute Gasteiger partial charge is 0.407 e. The van der Waals surface area contributed by atoms with Crippen molar-refractivity contribution in [1.82, 2.24) is 15.5 Å². The quantitative estimate of drug-likeness (QED) is 0.802. The summed E-state index contributed by atoms with van der Waals surface area (Å²) in [6.07, 6.45) is -0.540. The maximum Gasteiger partial charge on any atom is 0.407 e. The Hall–Kier alpha value is -2.37. The van der Waals surface area contributed by atoms with Crippen LogP contribution in [0.15, 0.2) is 29.1 Å². The first-order chi connectivity index (χ1) is 8.22. The zero-order valence-electron chi connectivity index (χ0n) is 9.19. The van der Waals surface area contributed by atoms with Crippen molar-refractivity contribution >= 4 is 16.9 Å². The van der Waals surface area contributed by atoms with E-state index in [0.717, 1.165) is 0 Å². The average molecular weight is 233 g/mol. The van der Waals surface area contributed by atoms with Gasteiger partial charge in [0, 0.05) is 5.39 Å². The molecule has 0 atom stereocenters. The Morgan fingerprint density at radius 2 is 2.12 bits per heavy atom. The highest BCUT2D eigenvalue weighted by atomic mass is 16.5. The Kier molecular flexibility index (Phi) is 3.04. The number of methoxy groups -OCH3 is 1. The van der Waals surface area contributed by atoms with Gasteiger partial charge in [0.15, 0.2) is 0 Å². The fourth-order valence-electron chi connectivity index (χ4n) is 1.53. The van der Waals surface area contributed by atoms with Gasteiger partial charge in [0.2, 0.25) is 0 Å². The number of hydrogen-bond donors (Lipinski definition) is 2. The molecule has 1 heterocycles. The van der Waals surface area contributed by atoms with Crippen molar-refractivity contribution in [3.8, 4) is 0 Å². The first-order valence-electron chi connectivity index (χ1n) is 5.00. The van der Waals surface area contributed by atoms with Crippen molar-refractivity contribution in [2.75, 3.05) is 7.11 Å². The van der Waals surface area contributed by atoms with Crippen LogP contribution in [0.5, 0.6) is 0 Å². The normalized spacial score (nSPS) is 10.2. The molecule has 0 aliphatic heterocycles. The fraction of sp³-hybridized carbons (Fsp3) is 0.182. The van der Waals surface area contributed by atoms with Crippen molar-refractivity contribution in [2.24, 2.45) is 0 Å². The second-order valence-corrected chi connectivity index (χ2v) is 3.39. The van der Waals surface area contributed by atoms with E-state index in [9.17, 15) is 9.59 Å². The predicted molar refractivity (Wildman–Crippen MR) is 61.6 cm³/mol. The van der Waals surface area contributed by atoms with Gasteiger partial charge in [-0.3, -0.25) is 4.79 Å². The van der Waals surface area contributed by atoms with E-state index < -0.39 is 6.09 Å². The van der Waals surface area contributed by atoms with Crippen LogP contribution in [0, 0.1) is 0 Å². The van der Waals surface area contributed by atoms with Gasteiger partial charge >= 0.3 is 6.09 Å². The summed E-state index contributed by atoms with van der Waals surface area (Å²) < 4.78 is 4.46. The second kappa shape index (κ2) is 4.65. The van der Waals surface area contributed by atoms with Gasteiger partial charge in [-0.2, -0.15) is 5.10 Å². The third kappa shape index (κ3) is 2.25. The summed E-state index contributed by atoms with van der Waals surface area (Å²) >= 11 is 0. The van der Waals surface area contributed by atoms with Crippen LogP contribution in [-0.2, 0) is 11.3 Å². The first-order valence-corrected chi connectivity index (χ1v) is 5.00. The number of aromatic amines is 1. The second-order valence-electron chi connectivity index (χ2n) is 3.39. The Labute approximate surface area is 96.6 Å². The Bertz CT molecular complexity index is 606. The molecule has 6 heteroatoms. The van der Waals surface area contributed by atoms with E-state index in [4.69, 9.17) is 0 Å². The average Bonchev–Trinajstić information content (AvgIpc) is 2.38. The molecule has 88 valence electrons. The molecule has 0 radical (unpaired) electrons. The van der Waals surface area contributed by atoms with E-state index in [1.165, 1.54) is 7.11 Å². The lowest BCUT2D eigenvalue weighted by Gasteiger charge is -2.05. The van der Waals surface area contributed by atoms with Crippen molar-refractivity contribution < 1.29 is 9.53 Å². The molecule has 0 unspecified atom stereocenters. The van der Waals surface area contributed by atoms with Crippen LogP contribution >= 0.6 is 0 Å². The first kappa shape index (κ1) is 11.1. The Balaban J connectivity index is 2.38. The van der Waals surface area contributed by atoms with Crippen LogP contribution in [0.25, 0.3) is 10.8 Å². The molecule has 2 N–H and O–H groups in total. The van der Waals surface area contributed by atoms with Crippen LogP contribution in [0.2, 0.25) is 0 Å². The lowest BCUT2D eigenvalue weighted by Crippen LogP contribution is -2.24. The van der Waals surface area contributed by atoms with Crippen LogP contribution in [0.4, 0.5) is 4.79 Å². The summed E-state index contributed by atoms with van der Waals surface area (Å²) in [5.74, 6) is 0. The van der Waals surface area contributed by atoms with Gasteiger partial charge in [0.05, 0.1) is 24.7 Å². The number of benzene rings is 1. The number of amides is 1. The Morgan fingerprint density at radius 3 is 2.82 bits per heavy atom. The maximum atomic E-state index is 11.5. The number of rotatable bonds is 2. The van der Waals surface area contributed by atoms with Gasteiger partial charge in [-0.25, -0.2) is 9.89 Å². The van der Waals surface area contributed by atoms with Gasteiger partial charge in [-0.15, -0.1) is 0 Å². The van der Waals surface area contributed by atoms with Gasteiger partial charge in [-0.1, -0.05) is 18.2 Å². The molecule has 0 bridgehead atoms. The lowest BCUT2D eigenvalue weighted by atomic mass is 10.1. The molecule has 17 heavy (non-hydrogen) atoms. The molecule has 0 spiro atoms. The van der Waals surface area contributed by atoms with E-state index in [2.05, 4.69) is 20.3 Å². The third-order valence-corrected chi connectivity index (χ3v) is 2.36. The number of alkyl carbamates (subject to hydrolysis) is 1. The lowest BCUT2D eigenvalue weighted by molar-refractivity contribution is 0.170. The van der Waals surface area contributed by atoms with Gasteiger partial charge in [-0.05, 0) is 6.07 Å². The highest BCUT2D eigenvalue weighted by Crippen LogP contribution is 2.11. The number of hydrogen-bond acceptors (Lipinski definition) is 4. The standard InChI is InChI=1S/C11H11N3O3/c1-17-11(16)12-6-9-7-4-2-3-5-8(7)10(15)14-13-9/h2-5H,6H2,1H3,(H,12,16)(H,14,15). The summed E-state index contributed by atoms with van der Waals surface area (Å²) in [5.41, 5.74) is 0.341. The van der Waals surface area contributed by atoms with Crippen molar-refractivity contribution in [2.45, 2.75) is 6.54 Å². The molecular weight excluding hydrogens is 222 g/mol. The van der Waals surface area contributed by atoms with Crippen molar-refractivity contribution in [1.29, 1.82) is 0 Å². The molecular formula is C11H11N3O3. The molecule has 0 aliphatic rings. The van der Waals surface area contributed by atoms with Gasteiger partial charge in [0.25, 0.3) is 5.56 Å². The van der Waals surface area contributed by atoms with Crippen LogP contribution < -0.4 is 10.9 Å². The van der Waals surface area contributed by atoms with E-state index >= 15 is 0 Å². The van der Waals surface area contributed by atoms with Crippen molar-refractivity contribution in [3.05, 3.63) is 40.3 Å². The number of aromatic nitrogens is 2. The van der Waals surface area contributed by atoms with E-state index in [1.807, 2.05) is 6.07 Å². The summed E-state index contributed by atoms with van der Waals surface area (Å²) in [7, 11) is 1.29. The number of carbonyl (C=O) groups is 1. The predicted octanol–water partition coefficient (Wildman–Crippen LogP) is 0.779. The van der Waals surface area contributed by atoms with E-state index in [-0.39, 0.29) is 12.1 Å². The molecule has 2 rings (SSSR count). The SMILES string of the molecule is COC(=O)NCc1n[nH]c(=O)c2ccccc12. The topological polar surface area (TPSA) is 84.1 Å². The number of carbonyl (C=O) groups excluding carboxylic acids is 1. The summed E-state index contributed by atoms with van der Waals surface area (Å²) in [6.45, 7) is 0.198. The zero-order valence-corrected chi connectivity index (χ0v) is 9.19. The number of ether oxygens (including phenoxy) is 1. The number of H-pyrrole nitrogens is 1. The zero-order chi connectivity index (χ0) is 12.3. The van der Waals surface area contributed by atoms with Gasteiger partial charge in [0.1, 0.15) is 0 Å². The molecule has 1 aromatic heterocycles. The molecule has 6 nitrogen and oxygen atoms in total. The summed E-state index contributed by atoms with van der Waals surface area (Å²) in [5, 5.41) is 10.1. The Morgan fingerprint density at radius 1 is 1.41 bits per heavy atom. The minimum absolute atomic E-state index is 0.198. The molecule has 2 aromatic rings. The van der Waals surface area contributed by atoms with Crippen molar-refractivity contribution in [3.63, 3.8) is 0 Å². The summed E-state index contributed by atoms with van der Waals surface area (Å²) in [6, 6.07) is 7.07. The number of nitrogens with zero attached hydrogens (tertiary/aromatic N) is 1. The molecule has 0 saturated heterocycles. The maximum absolute atomic E-state index is 11.5. The fourth-order valence-corrected chi connectivity index (χ4v) is 1.53. The number of fused-ring (bicyclic) bond motifs is 1. The molecule has 1 aromatic carbocycles. The van der Waals surface area contributed by atoms with E-state index in [1.54, 1.807) is 18.2 Å². The van der Waals surface area contributed by atoms with Crippen LogP contribution in [0.3, 0.4) is 0 Å². The monoisotopic (exact) mass is 233 g/mol. The highest BCUT2D eigenvalue weighted by Gasteiger charge is 2.07. The van der Waals surface area contributed by atoms with Crippen LogP contribution in [0.1, 0.15) is 5.69 Å². The largest absolute Gasteiger partial charge is 0.453 e. The summed E-state index contributed by atoms with van der Waals surface area (Å²) in [4.78, 5) is 22.5. The minimum Gasteiger partial charge on any atom is -0.453 e. The van der Waals surface area contributed by atoms with Crippen LogP contribution in [-0.4, -0.2) is 23.4 Å². The molecule has 0 saturated carbocycles. The molecule has 0 aliphatic carbocycles. The highest BCUT2D eigenvalue weighted by molar-refractivity contribution is 5.83. The van der Waals surface area contributed by atoms with E-state index in [0.29, 0.717) is 16.5 Å². The molecule has 0 fully saturated rings.